The van der Waals surface area contributed by atoms with Crippen molar-refractivity contribution >= 4 is 34.7 Å². The van der Waals surface area contributed by atoms with Crippen LogP contribution >= 0.6 is 22.9 Å². The Kier molecular flexibility index (Phi) is 5.96. The number of rotatable bonds is 7. The summed E-state index contributed by atoms with van der Waals surface area (Å²) in [4.78, 5) is 28.6. The third kappa shape index (κ3) is 3.85. The average Bonchev–Trinajstić information content (AvgIpc) is 3.22. The third-order valence-electron chi connectivity index (χ3n) is 4.03. The van der Waals surface area contributed by atoms with Gasteiger partial charge in [0.25, 0.3) is 0 Å². The molecule has 6 nitrogen and oxygen atoms in total. The highest BCUT2D eigenvalue weighted by Gasteiger charge is 2.27. The number of methoxy groups -OCH3 is 2. The molecule has 144 valence electrons. The molecular weight excluding hydrogens is 402 g/mol. The minimum absolute atomic E-state index is 0.152. The Morgan fingerprint density at radius 2 is 1.71 bits per heavy atom. The molecule has 0 saturated carbocycles. The molecule has 1 aromatic heterocycles. The van der Waals surface area contributed by atoms with Crippen LogP contribution in [-0.4, -0.2) is 36.1 Å². The second-order valence-corrected chi connectivity index (χ2v) is 7.02. The zero-order chi connectivity index (χ0) is 20.3. The molecule has 8 heteroatoms. The maximum absolute atomic E-state index is 12.9. The Bertz CT molecular complexity index is 993. The average molecular weight is 418 g/mol. The zero-order valence-corrected chi connectivity index (χ0v) is 16.6. The number of thiazole rings is 1. The Balaban J connectivity index is 2.01. The van der Waals surface area contributed by atoms with Crippen molar-refractivity contribution in [2.24, 2.45) is 0 Å². The molecule has 1 unspecified atom stereocenters. The van der Waals surface area contributed by atoms with Gasteiger partial charge in [0.15, 0.2) is 5.38 Å². The first kappa shape index (κ1) is 19.9. The maximum Gasteiger partial charge on any atom is 0.326 e. The van der Waals surface area contributed by atoms with Gasteiger partial charge in [0.2, 0.25) is 5.78 Å². The molecule has 1 heterocycles. The number of ether oxygens (including phenoxy) is 2. The summed E-state index contributed by atoms with van der Waals surface area (Å²) in [5.74, 6) is -1.26. The fraction of sp³-hybridized carbons (Fsp3) is 0.150. The summed E-state index contributed by atoms with van der Waals surface area (Å²) in [7, 11) is 2.74. The zero-order valence-electron chi connectivity index (χ0n) is 15.0. The minimum Gasteiger partial charge on any atom is -0.496 e. The summed E-state index contributed by atoms with van der Waals surface area (Å²) in [5, 5.41) is 10.3. The first-order chi connectivity index (χ1) is 13.5. The van der Waals surface area contributed by atoms with E-state index < -0.39 is 11.3 Å². The molecule has 0 aliphatic heterocycles. The van der Waals surface area contributed by atoms with E-state index in [4.69, 9.17) is 21.1 Å². The van der Waals surface area contributed by atoms with E-state index in [2.05, 4.69) is 4.98 Å². The number of aromatic nitrogens is 1. The lowest BCUT2D eigenvalue weighted by atomic mass is 10.0. The van der Waals surface area contributed by atoms with Crippen molar-refractivity contribution in [3.05, 3.63) is 64.7 Å². The summed E-state index contributed by atoms with van der Waals surface area (Å²) in [6, 6.07) is 12.4. The number of carboxylic acid groups (broad SMARTS) is 1. The van der Waals surface area contributed by atoms with Crippen molar-refractivity contribution in [1.29, 1.82) is 0 Å². The summed E-state index contributed by atoms with van der Waals surface area (Å²) >= 11 is 7.34. The number of alkyl halides is 1. The fourth-order valence-electron chi connectivity index (χ4n) is 2.68. The SMILES string of the molecule is COc1cc(C(=O)c2csc(-c3ccccc3)n2)cc(OC)c1C(Cl)C(=O)O. The van der Waals surface area contributed by atoms with Gasteiger partial charge in [0, 0.05) is 16.5 Å². The predicted molar refractivity (Wildman–Crippen MR) is 107 cm³/mol. The standard InChI is InChI=1S/C20H16ClNO5S/c1-26-14-8-12(9-15(27-2)16(14)17(21)20(24)25)18(23)13-10-28-19(22-13)11-6-4-3-5-7-11/h3-10,17H,1-2H3,(H,24,25). The number of carbonyl (C=O) groups is 2. The van der Waals surface area contributed by atoms with E-state index >= 15 is 0 Å². The Hall–Kier alpha value is -2.90. The van der Waals surface area contributed by atoms with Crippen molar-refractivity contribution in [2.45, 2.75) is 5.38 Å². The van der Waals surface area contributed by atoms with Crippen LogP contribution < -0.4 is 9.47 Å². The number of ketones is 1. The third-order valence-corrected chi connectivity index (χ3v) is 5.33. The van der Waals surface area contributed by atoms with E-state index in [1.807, 2.05) is 30.3 Å². The van der Waals surface area contributed by atoms with Crippen LogP contribution in [0.1, 0.15) is 27.0 Å². The van der Waals surface area contributed by atoms with Crippen LogP contribution in [0.2, 0.25) is 0 Å². The number of carbonyl (C=O) groups excluding carboxylic acids is 1. The van der Waals surface area contributed by atoms with Gasteiger partial charge in [-0.2, -0.15) is 0 Å². The Labute approximate surface area is 170 Å². The van der Waals surface area contributed by atoms with Crippen LogP contribution in [0.5, 0.6) is 11.5 Å². The highest BCUT2D eigenvalue weighted by molar-refractivity contribution is 7.13. The predicted octanol–water partition coefficient (Wildman–Crippen LogP) is 4.42. The van der Waals surface area contributed by atoms with Gasteiger partial charge in [-0.25, -0.2) is 4.98 Å². The van der Waals surface area contributed by atoms with Crippen molar-refractivity contribution in [3.63, 3.8) is 0 Å². The number of halogens is 1. The fourth-order valence-corrected chi connectivity index (χ4v) is 3.70. The first-order valence-electron chi connectivity index (χ1n) is 8.14. The molecule has 0 radical (unpaired) electrons. The summed E-state index contributed by atoms with van der Waals surface area (Å²) in [6.45, 7) is 0. The lowest BCUT2D eigenvalue weighted by Crippen LogP contribution is -2.11. The second kappa shape index (κ2) is 8.41. The maximum atomic E-state index is 12.9. The van der Waals surface area contributed by atoms with Gasteiger partial charge in [0.1, 0.15) is 22.2 Å². The van der Waals surface area contributed by atoms with Crippen molar-refractivity contribution in [2.75, 3.05) is 14.2 Å². The van der Waals surface area contributed by atoms with Gasteiger partial charge >= 0.3 is 5.97 Å². The van der Waals surface area contributed by atoms with Crippen molar-refractivity contribution in [3.8, 4) is 22.1 Å². The molecule has 28 heavy (non-hydrogen) atoms. The minimum atomic E-state index is -1.38. The van der Waals surface area contributed by atoms with Crippen LogP contribution in [0.25, 0.3) is 10.6 Å². The molecule has 0 saturated heterocycles. The van der Waals surface area contributed by atoms with Crippen molar-refractivity contribution in [1.82, 2.24) is 4.98 Å². The van der Waals surface area contributed by atoms with Gasteiger partial charge in [-0.1, -0.05) is 30.3 Å². The van der Waals surface area contributed by atoms with Crippen LogP contribution in [0.15, 0.2) is 47.8 Å². The molecule has 0 bridgehead atoms. The number of hydrogen-bond donors (Lipinski definition) is 1. The van der Waals surface area contributed by atoms with Gasteiger partial charge in [-0.15, -0.1) is 22.9 Å². The molecule has 3 rings (SSSR count). The molecule has 0 aliphatic carbocycles. The molecule has 3 aromatic rings. The number of hydrogen-bond acceptors (Lipinski definition) is 6. The Morgan fingerprint density at radius 1 is 1.11 bits per heavy atom. The molecule has 1 N–H and O–H groups in total. The molecule has 1 atom stereocenters. The Morgan fingerprint density at radius 3 is 2.25 bits per heavy atom. The molecule has 0 spiro atoms. The highest BCUT2D eigenvalue weighted by Crippen LogP contribution is 2.39. The quantitative estimate of drug-likeness (QED) is 0.452. The van der Waals surface area contributed by atoms with Crippen LogP contribution in [0.4, 0.5) is 0 Å². The van der Waals surface area contributed by atoms with E-state index in [0.717, 1.165) is 10.6 Å². The number of nitrogens with zero attached hydrogens (tertiary/aromatic N) is 1. The summed E-state index contributed by atoms with van der Waals surface area (Å²) in [5.41, 5.74) is 1.61. The van der Waals surface area contributed by atoms with Gasteiger partial charge < -0.3 is 14.6 Å². The van der Waals surface area contributed by atoms with E-state index in [1.54, 1.807) is 5.38 Å². The normalized spacial score (nSPS) is 11.7. The van der Waals surface area contributed by atoms with E-state index in [1.165, 1.54) is 37.7 Å². The lowest BCUT2D eigenvalue weighted by Gasteiger charge is -2.16. The van der Waals surface area contributed by atoms with E-state index in [9.17, 15) is 14.7 Å². The summed E-state index contributed by atoms with van der Waals surface area (Å²) in [6.07, 6.45) is 0. The number of benzene rings is 2. The van der Waals surface area contributed by atoms with Crippen LogP contribution in [0, 0.1) is 0 Å². The lowest BCUT2D eigenvalue weighted by molar-refractivity contribution is -0.136. The molecule has 0 aliphatic rings. The van der Waals surface area contributed by atoms with E-state index in [-0.39, 0.29) is 34.1 Å². The number of carboxylic acids is 1. The molecule has 2 aromatic carbocycles. The highest BCUT2D eigenvalue weighted by atomic mass is 35.5. The van der Waals surface area contributed by atoms with E-state index in [0.29, 0.717) is 0 Å². The van der Waals surface area contributed by atoms with Crippen LogP contribution in [-0.2, 0) is 4.79 Å². The molecule has 0 fully saturated rings. The summed E-state index contributed by atoms with van der Waals surface area (Å²) < 4.78 is 10.5. The topological polar surface area (TPSA) is 85.7 Å². The van der Waals surface area contributed by atoms with Gasteiger partial charge in [0.05, 0.1) is 19.8 Å². The van der Waals surface area contributed by atoms with Gasteiger partial charge in [-0.3, -0.25) is 9.59 Å². The van der Waals surface area contributed by atoms with Gasteiger partial charge in [-0.05, 0) is 12.1 Å². The van der Waals surface area contributed by atoms with Crippen molar-refractivity contribution < 1.29 is 24.2 Å². The largest absolute Gasteiger partial charge is 0.496 e. The first-order valence-corrected chi connectivity index (χ1v) is 9.46. The molecule has 0 amide bonds. The van der Waals surface area contributed by atoms with Crippen LogP contribution in [0.3, 0.4) is 0 Å². The molecular formula is C20H16ClNO5S. The second-order valence-electron chi connectivity index (χ2n) is 5.73. The smallest absolute Gasteiger partial charge is 0.326 e. The monoisotopic (exact) mass is 417 g/mol. The number of aliphatic carboxylic acids is 1.